The van der Waals surface area contributed by atoms with Gasteiger partial charge in [0.05, 0.1) is 23.4 Å². The Morgan fingerprint density at radius 3 is 2.69 bits per heavy atom. The number of nitro benzene ring substituents is 1. The second-order valence-corrected chi connectivity index (χ2v) is 9.34. The molecule has 1 aliphatic carbocycles. The maximum absolute atomic E-state index is 14.9. The molecule has 0 amide bonds. The number of rotatable bonds is 7. The molecule has 4 rings (SSSR count). The normalized spacial score (nSPS) is 17.3. The van der Waals surface area contributed by atoms with Crippen molar-refractivity contribution in [3.05, 3.63) is 69.5 Å². The van der Waals surface area contributed by atoms with Crippen LogP contribution in [0.5, 0.6) is 0 Å². The average Bonchev–Trinajstić information content (AvgIpc) is 3.68. The summed E-state index contributed by atoms with van der Waals surface area (Å²) in [6.45, 7) is 0. The Bertz CT molecular complexity index is 1230. The molecule has 2 aromatic carbocycles. The van der Waals surface area contributed by atoms with Gasteiger partial charge >= 0.3 is 5.97 Å². The highest BCUT2D eigenvalue weighted by molar-refractivity contribution is 8.14. The zero-order chi connectivity index (χ0) is 25.1. The van der Waals surface area contributed by atoms with Crippen LogP contribution < -0.4 is 4.90 Å². The number of benzodiazepines with no additional fused rings is 1. The van der Waals surface area contributed by atoms with Crippen LogP contribution in [0.25, 0.3) is 0 Å². The average molecular weight is 498 g/mol. The molecule has 1 heterocycles. The number of benzene rings is 2. The van der Waals surface area contributed by atoms with Crippen molar-refractivity contribution in [1.82, 2.24) is 0 Å². The van der Waals surface area contributed by atoms with Gasteiger partial charge in [-0.25, -0.2) is 4.39 Å². The Morgan fingerprint density at radius 1 is 1.29 bits per heavy atom. The van der Waals surface area contributed by atoms with Gasteiger partial charge in [0.15, 0.2) is 5.17 Å². The fraction of sp³-hybridized carbons (Fsp3) is 0.333. The van der Waals surface area contributed by atoms with E-state index < -0.39 is 22.8 Å². The van der Waals surface area contributed by atoms with Crippen LogP contribution in [0, 0.1) is 32.7 Å². The maximum Gasteiger partial charge on any atom is 0.305 e. The molecule has 1 saturated carbocycles. The first-order chi connectivity index (χ1) is 16.8. The number of amidine groups is 2. The number of hydrogen-bond acceptors (Lipinski definition) is 8. The minimum absolute atomic E-state index is 0.0372. The second-order valence-electron chi connectivity index (χ2n) is 8.33. The van der Waals surface area contributed by atoms with Crippen molar-refractivity contribution in [2.24, 2.45) is 10.9 Å². The van der Waals surface area contributed by atoms with Crippen LogP contribution in [0.1, 0.15) is 36.8 Å². The lowest BCUT2D eigenvalue weighted by Crippen LogP contribution is -2.40. The number of non-ortho nitro benzene ring substituents is 1. The molecule has 35 heavy (non-hydrogen) atoms. The Morgan fingerprint density at radius 2 is 2.03 bits per heavy atom. The number of nitrogens with one attached hydrogen (secondary N) is 2. The number of thioether (sulfide) groups is 1. The molecule has 0 spiro atoms. The number of carbonyl (C=O) groups excluding carboxylic acids is 1. The molecule has 1 fully saturated rings. The molecule has 1 atom stereocenters. The molecule has 2 N–H and O–H groups in total. The van der Waals surface area contributed by atoms with Crippen molar-refractivity contribution < 1.29 is 18.8 Å². The number of fused-ring (bicyclic) bond motifs is 1. The van der Waals surface area contributed by atoms with Crippen molar-refractivity contribution >= 4 is 45.8 Å². The number of nitro groups is 1. The molecule has 11 heteroatoms. The third-order valence-electron chi connectivity index (χ3n) is 5.86. The fourth-order valence-corrected chi connectivity index (χ4v) is 4.83. The lowest BCUT2D eigenvalue weighted by Gasteiger charge is -2.27. The minimum atomic E-state index is -0.906. The van der Waals surface area contributed by atoms with E-state index in [1.165, 1.54) is 60.2 Å². The Hall–Kier alpha value is -3.60. The van der Waals surface area contributed by atoms with Gasteiger partial charge in [-0.2, -0.15) is 0 Å². The number of methoxy groups -OCH3 is 1. The number of esters is 1. The lowest BCUT2D eigenvalue weighted by molar-refractivity contribution is -0.384. The van der Waals surface area contributed by atoms with Crippen LogP contribution in [-0.2, 0) is 9.53 Å². The summed E-state index contributed by atoms with van der Waals surface area (Å²) < 4.78 is 19.7. The molecule has 0 aromatic heterocycles. The number of aliphatic imine (C=N–C) groups is 1. The first-order valence-electron chi connectivity index (χ1n) is 11.1. The van der Waals surface area contributed by atoms with Crippen LogP contribution in [0.15, 0.2) is 47.5 Å². The molecule has 0 radical (unpaired) electrons. The van der Waals surface area contributed by atoms with E-state index in [-0.39, 0.29) is 46.4 Å². The van der Waals surface area contributed by atoms with Crippen LogP contribution >= 0.6 is 11.8 Å². The number of nitrogens with zero attached hydrogens (tertiary/aromatic N) is 3. The van der Waals surface area contributed by atoms with E-state index in [0.717, 1.165) is 18.6 Å². The van der Waals surface area contributed by atoms with E-state index in [2.05, 4.69) is 4.99 Å². The molecule has 0 saturated heterocycles. The van der Waals surface area contributed by atoms with Gasteiger partial charge in [0.2, 0.25) is 0 Å². The highest BCUT2D eigenvalue weighted by Crippen LogP contribution is 2.37. The predicted molar refractivity (Wildman–Crippen MR) is 133 cm³/mol. The van der Waals surface area contributed by atoms with Crippen molar-refractivity contribution in [3.63, 3.8) is 0 Å². The number of carbonyl (C=O) groups is 1. The smallest absolute Gasteiger partial charge is 0.305 e. The van der Waals surface area contributed by atoms with Crippen molar-refractivity contribution in [2.45, 2.75) is 31.7 Å². The Labute approximate surface area is 205 Å². The molecule has 0 bridgehead atoms. The second kappa shape index (κ2) is 10.3. The van der Waals surface area contributed by atoms with E-state index in [4.69, 9.17) is 15.6 Å². The summed E-state index contributed by atoms with van der Waals surface area (Å²) in [5.74, 6) is 0.122. The van der Waals surface area contributed by atoms with Gasteiger partial charge in [-0.3, -0.25) is 35.6 Å². The third kappa shape index (κ3) is 5.40. The summed E-state index contributed by atoms with van der Waals surface area (Å²) in [6.07, 6.45) is 2.26. The zero-order valence-electron chi connectivity index (χ0n) is 19.0. The first-order valence-corrected chi connectivity index (χ1v) is 12.1. The summed E-state index contributed by atoms with van der Waals surface area (Å²) in [5, 5.41) is 29.3. The van der Waals surface area contributed by atoms with E-state index in [9.17, 15) is 19.3 Å². The molecule has 2 aromatic rings. The maximum atomic E-state index is 14.9. The van der Waals surface area contributed by atoms with E-state index >= 15 is 0 Å². The fourth-order valence-electron chi connectivity index (χ4n) is 3.78. The third-order valence-corrected chi connectivity index (χ3v) is 6.96. The van der Waals surface area contributed by atoms with Gasteiger partial charge in [0, 0.05) is 35.4 Å². The SMILES string of the molecule is COC(=O)CC[C@@H]1N=C(c2ccccc2F)c2cc([N+](=O)[O-])ccc2N(C(=N)SCC2CC2)C1=N. The highest BCUT2D eigenvalue weighted by Gasteiger charge is 2.34. The Balaban J connectivity index is 1.87. The summed E-state index contributed by atoms with van der Waals surface area (Å²) in [6, 6.07) is 9.08. The number of hydrogen-bond donors (Lipinski definition) is 2. The van der Waals surface area contributed by atoms with Crippen LogP contribution in [0.3, 0.4) is 0 Å². The summed E-state index contributed by atoms with van der Waals surface area (Å²) >= 11 is 1.29. The number of halogens is 1. The van der Waals surface area contributed by atoms with Gasteiger partial charge in [-0.05, 0) is 43.4 Å². The standard InChI is InChI=1S/C24H24FN5O4S/c1-34-21(31)11-9-19-23(26)29(24(27)35-13-14-6-7-14)20-10-8-15(30(32)33)12-17(20)22(28-19)16-4-2-3-5-18(16)25/h2-5,8,10,12,14,19,26-27H,6-7,9,11,13H2,1H3/t19-/m0/s1. The van der Waals surface area contributed by atoms with E-state index in [0.29, 0.717) is 11.6 Å². The molecule has 182 valence electrons. The summed E-state index contributed by atoms with van der Waals surface area (Å²) in [7, 11) is 1.26. The Kier molecular flexibility index (Phi) is 7.25. The molecule has 2 aliphatic rings. The lowest BCUT2D eigenvalue weighted by atomic mass is 9.99. The zero-order valence-corrected chi connectivity index (χ0v) is 19.8. The van der Waals surface area contributed by atoms with Crippen LogP contribution in [0.2, 0.25) is 0 Å². The van der Waals surface area contributed by atoms with Gasteiger partial charge in [-0.15, -0.1) is 0 Å². The monoisotopic (exact) mass is 497 g/mol. The van der Waals surface area contributed by atoms with Crippen molar-refractivity contribution in [3.8, 4) is 0 Å². The van der Waals surface area contributed by atoms with Crippen LogP contribution in [-0.4, -0.2) is 46.5 Å². The summed E-state index contributed by atoms with van der Waals surface area (Å²) in [4.78, 5) is 28.9. The predicted octanol–water partition coefficient (Wildman–Crippen LogP) is 4.77. The van der Waals surface area contributed by atoms with Crippen LogP contribution in [0.4, 0.5) is 15.8 Å². The highest BCUT2D eigenvalue weighted by atomic mass is 32.2. The van der Waals surface area contributed by atoms with Gasteiger partial charge in [0.1, 0.15) is 17.7 Å². The molecule has 9 nitrogen and oxygen atoms in total. The largest absolute Gasteiger partial charge is 0.469 e. The van der Waals surface area contributed by atoms with Gasteiger partial charge in [0.25, 0.3) is 5.69 Å². The van der Waals surface area contributed by atoms with Crippen molar-refractivity contribution in [2.75, 3.05) is 17.8 Å². The summed E-state index contributed by atoms with van der Waals surface area (Å²) in [5.41, 5.74) is 0.598. The quantitative estimate of drug-likeness (QED) is 0.186. The van der Waals surface area contributed by atoms with E-state index in [1.807, 2.05) is 0 Å². The van der Waals surface area contributed by atoms with Gasteiger partial charge < -0.3 is 4.74 Å². The van der Waals surface area contributed by atoms with E-state index in [1.54, 1.807) is 6.07 Å². The number of anilines is 1. The van der Waals surface area contributed by atoms with Gasteiger partial charge in [-0.1, -0.05) is 23.9 Å². The minimum Gasteiger partial charge on any atom is -0.469 e. The first kappa shape index (κ1) is 24.5. The molecule has 1 aliphatic heterocycles. The molecular weight excluding hydrogens is 473 g/mol. The molecule has 0 unspecified atom stereocenters. The van der Waals surface area contributed by atoms with Crippen molar-refractivity contribution in [1.29, 1.82) is 10.8 Å². The topological polar surface area (TPSA) is 133 Å². The molecular formula is C24H24FN5O4S. The number of ether oxygens (including phenoxy) is 1.